The zero-order valence-corrected chi connectivity index (χ0v) is 20.5. The van der Waals surface area contributed by atoms with Gasteiger partial charge >= 0.3 is 10.2 Å². The van der Waals surface area contributed by atoms with Gasteiger partial charge in [-0.25, -0.2) is 3.97 Å². The molecule has 0 fully saturated rings. The second kappa shape index (κ2) is 10.1. The summed E-state index contributed by atoms with van der Waals surface area (Å²) in [5.74, 6) is -0.685. The number of para-hydroxylation sites is 2. The van der Waals surface area contributed by atoms with Crippen LogP contribution in [0.4, 0.5) is 0 Å². The van der Waals surface area contributed by atoms with Crippen LogP contribution in [0.25, 0.3) is 17.0 Å². The lowest BCUT2D eigenvalue weighted by molar-refractivity contribution is -0.118. The number of hydrogen-bond donors (Lipinski definition) is 2. The van der Waals surface area contributed by atoms with E-state index in [1.54, 1.807) is 62.4 Å². The summed E-state index contributed by atoms with van der Waals surface area (Å²) < 4.78 is 33.2. The van der Waals surface area contributed by atoms with E-state index in [1.807, 2.05) is 0 Å². The van der Waals surface area contributed by atoms with E-state index in [0.717, 1.165) is 8.28 Å². The number of carbonyl (C=O) groups excluding carboxylic acids is 2. The third kappa shape index (κ3) is 5.13. The van der Waals surface area contributed by atoms with Crippen LogP contribution in [0.1, 0.15) is 29.8 Å². The molecule has 0 atom stereocenters. The SMILES string of the molecule is COc1ccccc1C(=O)N/C(=C\c1cn(S(=O)(=O)N(C)C)c2ccccc12)C(=O)NC(C)C. The molecular formula is C24H28N4O5S. The van der Waals surface area contributed by atoms with Gasteiger partial charge in [0.05, 0.1) is 18.2 Å². The Morgan fingerprint density at radius 3 is 2.35 bits per heavy atom. The first-order chi connectivity index (χ1) is 16.1. The molecule has 10 heteroatoms. The summed E-state index contributed by atoms with van der Waals surface area (Å²) in [6, 6.07) is 13.4. The first-order valence-electron chi connectivity index (χ1n) is 10.6. The van der Waals surface area contributed by atoms with Crippen LogP contribution in [-0.4, -0.2) is 55.8 Å². The van der Waals surface area contributed by atoms with Crippen LogP contribution in [0.15, 0.2) is 60.4 Å². The number of nitrogens with zero attached hydrogens (tertiary/aromatic N) is 2. The fourth-order valence-electron chi connectivity index (χ4n) is 3.33. The van der Waals surface area contributed by atoms with Crippen LogP contribution >= 0.6 is 0 Å². The lowest BCUT2D eigenvalue weighted by atomic mass is 10.1. The van der Waals surface area contributed by atoms with Crippen molar-refractivity contribution in [3.63, 3.8) is 0 Å². The Hall–Kier alpha value is -3.63. The van der Waals surface area contributed by atoms with Gasteiger partial charge in [0.15, 0.2) is 0 Å². The Labute approximate surface area is 199 Å². The van der Waals surface area contributed by atoms with Crippen LogP contribution < -0.4 is 15.4 Å². The zero-order valence-electron chi connectivity index (χ0n) is 19.7. The summed E-state index contributed by atoms with van der Waals surface area (Å²) in [6.45, 7) is 3.60. The number of amides is 2. The van der Waals surface area contributed by atoms with Crippen molar-refractivity contribution in [1.82, 2.24) is 18.9 Å². The Morgan fingerprint density at radius 2 is 1.71 bits per heavy atom. The highest BCUT2D eigenvalue weighted by Gasteiger charge is 2.22. The van der Waals surface area contributed by atoms with E-state index in [9.17, 15) is 18.0 Å². The first kappa shape index (κ1) is 25.0. The molecule has 0 bridgehead atoms. The maximum atomic E-state index is 13.0. The van der Waals surface area contributed by atoms with Crippen molar-refractivity contribution >= 4 is 39.0 Å². The van der Waals surface area contributed by atoms with E-state index >= 15 is 0 Å². The molecule has 34 heavy (non-hydrogen) atoms. The molecule has 2 aromatic carbocycles. The molecule has 0 saturated carbocycles. The van der Waals surface area contributed by atoms with Gasteiger partial charge in [0, 0.05) is 37.3 Å². The molecule has 2 N–H and O–H groups in total. The van der Waals surface area contributed by atoms with Gasteiger partial charge in [-0.05, 0) is 38.1 Å². The quantitative estimate of drug-likeness (QED) is 0.478. The number of aromatic nitrogens is 1. The van der Waals surface area contributed by atoms with Crippen molar-refractivity contribution in [2.45, 2.75) is 19.9 Å². The van der Waals surface area contributed by atoms with Crippen molar-refractivity contribution in [2.75, 3.05) is 21.2 Å². The second-order valence-electron chi connectivity index (χ2n) is 8.03. The number of rotatable bonds is 8. The van der Waals surface area contributed by atoms with Crippen molar-refractivity contribution in [2.24, 2.45) is 0 Å². The number of fused-ring (bicyclic) bond motifs is 1. The monoisotopic (exact) mass is 484 g/mol. The number of methoxy groups -OCH3 is 1. The standard InChI is InChI=1S/C24H28N4O5S/c1-16(2)25-24(30)20(26-23(29)19-11-7-9-13-22(19)33-5)14-17-15-28(34(31,32)27(3)4)21-12-8-6-10-18(17)21/h6-16H,1-5H3,(H,25,30)(H,26,29)/b20-14-. The van der Waals surface area contributed by atoms with Gasteiger partial charge < -0.3 is 15.4 Å². The predicted molar refractivity (Wildman–Crippen MR) is 132 cm³/mol. The van der Waals surface area contributed by atoms with E-state index in [1.165, 1.54) is 33.5 Å². The topological polar surface area (TPSA) is 110 Å². The predicted octanol–water partition coefficient (Wildman–Crippen LogP) is 2.60. The van der Waals surface area contributed by atoms with E-state index in [4.69, 9.17) is 4.74 Å². The van der Waals surface area contributed by atoms with Crippen molar-refractivity contribution in [3.8, 4) is 5.75 Å². The number of benzene rings is 2. The van der Waals surface area contributed by atoms with E-state index in [2.05, 4.69) is 10.6 Å². The summed E-state index contributed by atoms with van der Waals surface area (Å²) in [5.41, 5.74) is 1.12. The summed E-state index contributed by atoms with van der Waals surface area (Å²) in [4.78, 5) is 26.0. The Balaban J connectivity index is 2.14. The number of hydrogen-bond acceptors (Lipinski definition) is 5. The number of nitrogens with one attached hydrogen (secondary N) is 2. The molecule has 180 valence electrons. The molecule has 1 aromatic heterocycles. The molecule has 0 radical (unpaired) electrons. The Kier molecular flexibility index (Phi) is 7.43. The average molecular weight is 485 g/mol. The van der Waals surface area contributed by atoms with Gasteiger partial charge in [-0.15, -0.1) is 0 Å². The molecule has 3 rings (SSSR count). The number of carbonyl (C=O) groups is 2. The minimum atomic E-state index is -3.82. The third-order valence-corrected chi connectivity index (χ3v) is 6.70. The largest absolute Gasteiger partial charge is 0.496 e. The average Bonchev–Trinajstić information content (AvgIpc) is 3.17. The maximum absolute atomic E-state index is 13.0. The normalized spacial score (nSPS) is 12.3. The van der Waals surface area contributed by atoms with E-state index in [-0.39, 0.29) is 17.3 Å². The number of ether oxygens (including phenoxy) is 1. The van der Waals surface area contributed by atoms with Crippen LogP contribution in [0.2, 0.25) is 0 Å². The van der Waals surface area contributed by atoms with Gasteiger partial charge in [0.1, 0.15) is 11.4 Å². The maximum Gasteiger partial charge on any atom is 0.307 e. The Morgan fingerprint density at radius 1 is 1.06 bits per heavy atom. The van der Waals surface area contributed by atoms with Gasteiger partial charge in [0.2, 0.25) is 0 Å². The molecule has 0 spiro atoms. The van der Waals surface area contributed by atoms with Crippen LogP contribution in [0.3, 0.4) is 0 Å². The highest BCUT2D eigenvalue weighted by atomic mass is 32.2. The van der Waals surface area contributed by atoms with Crippen molar-refractivity contribution < 1.29 is 22.7 Å². The zero-order chi connectivity index (χ0) is 25.0. The van der Waals surface area contributed by atoms with Gasteiger partial charge in [-0.1, -0.05) is 30.3 Å². The van der Waals surface area contributed by atoms with Crippen LogP contribution in [-0.2, 0) is 15.0 Å². The summed E-state index contributed by atoms with van der Waals surface area (Å²) in [5, 5.41) is 6.03. The molecule has 0 aliphatic heterocycles. The minimum absolute atomic E-state index is 0.0326. The fourth-order valence-corrected chi connectivity index (χ4v) is 4.34. The molecule has 2 amide bonds. The molecule has 0 unspecified atom stereocenters. The van der Waals surface area contributed by atoms with Gasteiger partial charge in [-0.3, -0.25) is 9.59 Å². The molecule has 0 aliphatic rings. The highest BCUT2D eigenvalue weighted by Crippen LogP contribution is 2.26. The van der Waals surface area contributed by atoms with Crippen molar-refractivity contribution in [3.05, 3.63) is 71.6 Å². The highest BCUT2D eigenvalue weighted by molar-refractivity contribution is 7.87. The summed E-state index contributed by atoms with van der Waals surface area (Å²) >= 11 is 0. The lowest BCUT2D eigenvalue weighted by Crippen LogP contribution is -2.38. The van der Waals surface area contributed by atoms with Crippen LogP contribution in [0, 0.1) is 0 Å². The molecule has 0 aliphatic carbocycles. The van der Waals surface area contributed by atoms with Gasteiger partial charge in [0.25, 0.3) is 11.8 Å². The molecule has 1 heterocycles. The fraction of sp³-hybridized carbons (Fsp3) is 0.250. The smallest absolute Gasteiger partial charge is 0.307 e. The molecular weight excluding hydrogens is 456 g/mol. The first-order valence-corrected chi connectivity index (χ1v) is 12.0. The lowest BCUT2D eigenvalue weighted by Gasteiger charge is -2.14. The van der Waals surface area contributed by atoms with Gasteiger partial charge in [-0.2, -0.15) is 12.7 Å². The third-order valence-electron chi connectivity index (χ3n) is 4.98. The molecule has 9 nitrogen and oxygen atoms in total. The van der Waals surface area contributed by atoms with Crippen LogP contribution in [0.5, 0.6) is 5.75 Å². The van der Waals surface area contributed by atoms with Crippen molar-refractivity contribution in [1.29, 1.82) is 0 Å². The molecule has 3 aromatic rings. The second-order valence-corrected chi connectivity index (χ2v) is 10.0. The summed E-state index contributed by atoms with van der Waals surface area (Å²) in [6.07, 6.45) is 2.90. The minimum Gasteiger partial charge on any atom is -0.496 e. The summed E-state index contributed by atoms with van der Waals surface area (Å²) in [7, 11) is 0.514. The van der Waals surface area contributed by atoms with E-state index < -0.39 is 22.0 Å². The Bertz CT molecular complexity index is 1360. The molecule has 0 saturated heterocycles. The van der Waals surface area contributed by atoms with E-state index in [0.29, 0.717) is 22.2 Å².